The maximum atomic E-state index is 6.77. The van der Waals surface area contributed by atoms with Gasteiger partial charge in [-0.1, -0.05) is 140 Å². The molecule has 1 aromatic heterocycles. The van der Waals surface area contributed by atoms with Gasteiger partial charge in [0, 0.05) is 22.2 Å². The first-order chi connectivity index (χ1) is 23.8. The highest BCUT2D eigenvalue weighted by atomic mass is 16.3. The first-order valence-corrected chi connectivity index (χ1v) is 16.2. The van der Waals surface area contributed by atoms with E-state index in [1.54, 1.807) is 0 Å². The summed E-state index contributed by atoms with van der Waals surface area (Å²) in [6.07, 6.45) is 0. The molecule has 226 valence electrons. The van der Waals surface area contributed by atoms with Crippen LogP contribution in [0.15, 0.2) is 186 Å². The molecular weight excluding hydrogens is 585 g/mol. The summed E-state index contributed by atoms with van der Waals surface area (Å²) in [7, 11) is 0. The molecule has 3 heteroatoms. The fourth-order valence-corrected chi connectivity index (χ4v) is 6.72. The van der Waals surface area contributed by atoms with Gasteiger partial charge in [-0.15, -0.1) is 0 Å². The smallest absolute Gasteiger partial charge is 0.227 e. The van der Waals surface area contributed by atoms with Crippen molar-refractivity contribution in [3.05, 3.63) is 182 Å². The lowest BCUT2D eigenvalue weighted by Crippen LogP contribution is -2.11. The first-order valence-electron chi connectivity index (χ1n) is 16.2. The molecule has 0 spiro atoms. The molecule has 1 heterocycles. The van der Waals surface area contributed by atoms with Crippen molar-refractivity contribution in [3.8, 4) is 33.7 Å². The molecule has 0 unspecified atom stereocenters. The quantitative estimate of drug-likeness (QED) is 0.187. The fourth-order valence-electron chi connectivity index (χ4n) is 6.72. The van der Waals surface area contributed by atoms with E-state index in [9.17, 15) is 0 Å². The zero-order valence-electron chi connectivity index (χ0n) is 26.1. The van der Waals surface area contributed by atoms with Crippen molar-refractivity contribution in [2.24, 2.45) is 0 Å². The monoisotopic (exact) mass is 614 g/mol. The third-order valence-corrected chi connectivity index (χ3v) is 9.05. The van der Waals surface area contributed by atoms with Crippen molar-refractivity contribution >= 4 is 49.7 Å². The summed E-state index contributed by atoms with van der Waals surface area (Å²) in [6, 6.07) is 64.0. The Morgan fingerprint density at radius 3 is 1.85 bits per heavy atom. The highest BCUT2D eigenvalue weighted by molar-refractivity contribution is 6.12. The van der Waals surface area contributed by atoms with E-state index in [1.165, 1.54) is 16.5 Å². The summed E-state index contributed by atoms with van der Waals surface area (Å²) in [5, 5.41) is 4.51. The Bertz CT molecular complexity index is 2560. The number of benzene rings is 8. The molecule has 0 fully saturated rings. The molecule has 0 N–H and O–H groups in total. The molecule has 48 heavy (non-hydrogen) atoms. The highest BCUT2D eigenvalue weighted by Crippen LogP contribution is 2.46. The van der Waals surface area contributed by atoms with E-state index in [4.69, 9.17) is 9.40 Å². The van der Waals surface area contributed by atoms with Crippen LogP contribution >= 0.6 is 0 Å². The topological polar surface area (TPSA) is 29.3 Å². The van der Waals surface area contributed by atoms with Gasteiger partial charge in [-0.2, -0.15) is 0 Å². The second-order valence-electron chi connectivity index (χ2n) is 12.0. The number of aromatic nitrogens is 1. The summed E-state index contributed by atoms with van der Waals surface area (Å²) in [5.74, 6) is 0.602. The van der Waals surface area contributed by atoms with Gasteiger partial charge >= 0.3 is 0 Å². The predicted octanol–water partition coefficient (Wildman–Crippen LogP) is 12.6. The summed E-state index contributed by atoms with van der Waals surface area (Å²) < 4.78 is 6.77. The van der Waals surface area contributed by atoms with Crippen LogP contribution in [0.5, 0.6) is 0 Å². The van der Waals surface area contributed by atoms with Crippen LogP contribution in [0.2, 0.25) is 0 Å². The van der Waals surface area contributed by atoms with Crippen LogP contribution in [0, 0.1) is 0 Å². The van der Waals surface area contributed by atoms with E-state index in [2.05, 4.69) is 157 Å². The molecule has 0 saturated heterocycles. The van der Waals surface area contributed by atoms with E-state index < -0.39 is 0 Å². The van der Waals surface area contributed by atoms with Crippen LogP contribution in [-0.4, -0.2) is 4.98 Å². The van der Waals surface area contributed by atoms with Crippen LogP contribution in [0.3, 0.4) is 0 Å². The number of rotatable bonds is 6. The van der Waals surface area contributed by atoms with Gasteiger partial charge in [-0.25, -0.2) is 4.98 Å². The molecule has 0 aliphatic rings. The zero-order chi connectivity index (χ0) is 31.9. The van der Waals surface area contributed by atoms with Crippen molar-refractivity contribution in [2.45, 2.75) is 0 Å². The second kappa shape index (κ2) is 11.7. The Labute approximate surface area is 279 Å². The van der Waals surface area contributed by atoms with Crippen molar-refractivity contribution < 1.29 is 4.42 Å². The Morgan fingerprint density at radius 2 is 1.06 bits per heavy atom. The summed E-state index contributed by atoms with van der Waals surface area (Å²) in [6.45, 7) is 0. The standard InChI is InChI=1S/C45H30N2O/c1-4-14-31(15-5-1)35-25-24-32-26-27-38(29-37(32)28-35)47(41-23-13-12-21-39(41)33-16-6-2-7-17-33)42-30-36-20-10-11-22-40(36)43-44(42)48-45(46-43)34-18-8-3-9-19-34/h1-30H. The largest absolute Gasteiger partial charge is 0.434 e. The Morgan fingerprint density at radius 1 is 0.417 bits per heavy atom. The first kappa shape index (κ1) is 27.8. The number of anilines is 3. The number of para-hydroxylation sites is 1. The van der Waals surface area contributed by atoms with Crippen LogP contribution in [0.4, 0.5) is 17.1 Å². The van der Waals surface area contributed by atoms with Crippen molar-refractivity contribution in [1.82, 2.24) is 4.98 Å². The molecule has 0 radical (unpaired) electrons. The molecule has 8 aromatic carbocycles. The summed E-state index contributed by atoms with van der Waals surface area (Å²) >= 11 is 0. The van der Waals surface area contributed by atoms with Gasteiger partial charge in [-0.3, -0.25) is 0 Å². The normalized spacial score (nSPS) is 11.3. The minimum Gasteiger partial charge on any atom is -0.434 e. The molecule has 0 amide bonds. The molecule has 0 saturated carbocycles. The molecular formula is C45H30N2O. The van der Waals surface area contributed by atoms with Crippen LogP contribution < -0.4 is 4.90 Å². The SMILES string of the molecule is c1ccc(-c2ccc3ccc(N(c4ccccc4-c4ccccc4)c4cc5ccccc5c5nc(-c6ccccc6)oc45)cc3c2)cc1. The summed E-state index contributed by atoms with van der Waals surface area (Å²) in [5.41, 5.74) is 10.2. The lowest BCUT2D eigenvalue weighted by molar-refractivity contribution is 0.620. The van der Waals surface area contributed by atoms with Crippen molar-refractivity contribution in [2.75, 3.05) is 4.90 Å². The molecule has 0 aliphatic carbocycles. The zero-order valence-corrected chi connectivity index (χ0v) is 26.1. The molecule has 0 atom stereocenters. The van der Waals surface area contributed by atoms with E-state index in [0.29, 0.717) is 5.89 Å². The highest BCUT2D eigenvalue weighted by Gasteiger charge is 2.24. The third-order valence-electron chi connectivity index (χ3n) is 9.05. The lowest BCUT2D eigenvalue weighted by atomic mass is 9.99. The Balaban J connectivity index is 1.34. The van der Waals surface area contributed by atoms with Crippen LogP contribution in [-0.2, 0) is 0 Å². The Hall–Kier alpha value is -6.45. The van der Waals surface area contributed by atoms with Gasteiger partial charge in [-0.05, 0) is 75.3 Å². The van der Waals surface area contributed by atoms with E-state index in [1.807, 2.05) is 30.3 Å². The molecule has 3 nitrogen and oxygen atoms in total. The maximum Gasteiger partial charge on any atom is 0.227 e. The van der Waals surface area contributed by atoms with Gasteiger partial charge in [0.1, 0.15) is 5.52 Å². The van der Waals surface area contributed by atoms with Crippen LogP contribution in [0.1, 0.15) is 0 Å². The molecule has 0 bridgehead atoms. The van der Waals surface area contributed by atoms with Gasteiger partial charge in [0.15, 0.2) is 5.58 Å². The number of oxazole rings is 1. The van der Waals surface area contributed by atoms with Gasteiger partial charge in [0.25, 0.3) is 0 Å². The minimum atomic E-state index is 0.602. The van der Waals surface area contributed by atoms with Crippen molar-refractivity contribution in [1.29, 1.82) is 0 Å². The Kier molecular flexibility index (Phi) is 6.80. The number of hydrogen-bond donors (Lipinski definition) is 0. The van der Waals surface area contributed by atoms with E-state index in [0.717, 1.165) is 61.0 Å². The van der Waals surface area contributed by atoms with E-state index >= 15 is 0 Å². The van der Waals surface area contributed by atoms with Crippen molar-refractivity contribution in [3.63, 3.8) is 0 Å². The van der Waals surface area contributed by atoms with Gasteiger partial charge in [0.05, 0.1) is 11.4 Å². The lowest BCUT2D eigenvalue weighted by Gasteiger charge is -2.28. The number of fused-ring (bicyclic) bond motifs is 4. The average molecular weight is 615 g/mol. The number of hydrogen-bond acceptors (Lipinski definition) is 3. The predicted molar refractivity (Wildman–Crippen MR) is 200 cm³/mol. The summed E-state index contributed by atoms with van der Waals surface area (Å²) in [4.78, 5) is 7.46. The van der Waals surface area contributed by atoms with Gasteiger partial charge in [0.2, 0.25) is 5.89 Å². The molecule has 9 aromatic rings. The maximum absolute atomic E-state index is 6.77. The fraction of sp³-hybridized carbons (Fsp3) is 0. The molecule has 0 aliphatic heterocycles. The average Bonchev–Trinajstić information content (AvgIpc) is 3.62. The third kappa shape index (κ3) is 4.90. The number of nitrogens with zero attached hydrogens (tertiary/aromatic N) is 2. The second-order valence-corrected chi connectivity index (χ2v) is 12.0. The van der Waals surface area contributed by atoms with Gasteiger partial charge < -0.3 is 9.32 Å². The molecule has 9 rings (SSSR count). The van der Waals surface area contributed by atoms with E-state index in [-0.39, 0.29) is 0 Å². The van der Waals surface area contributed by atoms with Crippen LogP contribution in [0.25, 0.3) is 66.4 Å². The minimum absolute atomic E-state index is 0.602.